The van der Waals surface area contributed by atoms with Gasteiger partial charge < -0.3 is 44.2 Å². The van der Waals surface area contributed by atoms with Gasteiger partial charge in [0, 0.05) is 6.42 Å². The van der Waals surface area contributed by atoms with Gasteiger partial charge in [-0.25, -0.2) is 4.98 Å². The van der Waals surface area contributed by atoms with E-state index in [4.69, 9.17) is 20.3 Å². The van der Waals surface area contributed by atoms with Crippen LogP contribution in [0.5, 0.6) is 0 Å². The number of hydrogen-bond donors (Lipinski definition) is 5. The average molecular weight is 531 g/mol. The van der Waals surface area contributed by atoms with E-state index in [-0.39, 0.29) is 23.5 Å². The van der Waals surface area contributed by atoms with Crippen LogP contribution in [0.2, 0.25) is 0 Å². The lowest BCUT2D eigenvalue weighted by Gasteiger charge is -2.35. The number of aliphatic hydroxyl groups excluding tert-OH is 1. The number of ether oxygens (including phenoxy) is 1. The topological polar surface area (TPSA) is 275 Å². The van der Waals surface area contributed by atoms with Crippen molar-refractivity contribution in [1.82, 2.24) is 19.5 Å². The van der Waals surface area contributed by atoms with Crippen LogP contribution in [-0.2, 0) is 33.0 Å². The molecule has 20 heteroatoms. The number of aromatic nitrogens is 4. The molecule has 186 valence electrons. The van der Waals surface area contributed by atoms with E-state index in [0.717, 1.165) is 0 Å². The molecule has 3 rings (SSSR count). The van der Waals surface area contributed by atoms with Crippen molar-refractivity contribution >= 4 is 40.1 Å². The lowest BCUT2D eigenvalue weighted by atomic mass is 9.99. The smallest absolute Gasteiger partial charge is 0.333 e. The normalized spacial score (nSPS) is 29.7. The van der Waals surface area contributed by atoms with Crippen molar-refractivity contribution in [3.8, 4) is 0 Å². The zero-order valence-electron chi connectivity index (χ0n) is 17.1. The van der Waals surface area contributed by atoms with Crippen molar-refractivity contribution < 1.29 is 51.9 Å². The molecule has 0 bridgehead atoms. The van der Waals surface area contributed by atoms with Gasteiger partial charge in [-0.2, -0.15) is 4.98 Å². The molecule has 1 saturated heterocycles. The number of phosphoric ester groups is 1. The number of phosphoric acid groups is 1. The Labute approximate surface area is 184 Å². The Balaban J connectivity index is 1.79. The number of rotatable bonds is 8. The predicted octanol–water partition coefficient (Wildman–Crippen LogP) is -1.90. The van der Waals surface area contributed by atoms with E-state index >= 15 is 0 Å². The van der Waals surface area contributed by atoms with Crippen LogP contribution in [0, 0.1) is 0 Å². The van der Waals surface area contributed by atoms with Gasteiger partial charge in [-0.3, -0.25) is 27.8 Å². The number of hydrogen-bond acceptors (Lipinski definition) is 13. The largest absolute Gasteiger partial charge is 0.778 e. The Morgan fingerprint density at radius 1 is 1.36 bits per heavy atom. The summed E-state index contributed by atoms with van der Waals surface area (Å²) >= 11 is 0. The van der Waals surface area contributed by atoms with Crippen LogP contribution < -0.4 is 21.1 Å². The molecule has 0 aliphatic carbocycles. The minimum atomic E-state index is -5.63. The number of nitrogens with two attached hydrogens (primary N) is 1. The summed E-state index contributed by atoms with van der Waals surface area (Å²) in [4.78, 5) is 63.1. The highest BCUT2D eigenvalue weighted by molar-refractivity contribution is 7.72. The van der Waals surface area contributed by atoms with E-state index < -0.39 is 58.5 Å². The second-order valence-electron chi connectivity index (χ2n) is 7.77. The molecule has 3 heterocycles. The van der Waals surface area contributed by atoms with Gasteiger partial charge in [-0.15, -0.1) is 0 Å². The summed E-state index contributed by atoms with van der Waals surface area (Å²) in [5.41, 5.74) is 1.75. The Hall–Kier alpha value is -1.48. The minimum absolute atomic E-state index is 0.0266. The first-order chi connectivity index (χ1) is 14.8. The summed E-state index contributed by atoms with van der Waals surface area (Å²) in [6, 6.07) is 0. The molecule has 0 amide bonds. The summed E-state index contributed by atoms with van der Waals surface area (Å²) in [6.45, 7) is 1.83. The maximum Gasteiger partial charge on any atom is 0.333 e. The first-order valence-corrected chi connectivity index (χ1v) is 14.0. The van der Waals surface area contributed by atoms with Crippen LogP contribution in [0.15, 0.2) is 11.1 Å². The van der Waals surface area contributed by atoms with Gasteiger partial charge in [0.25, 0.3) is 13.4 Å². The fraction of sp³-hybridized carbons (Fsp3) is 0.615. The highest BCUT2D eigenvalue weighted by Crippen LogP contribution is 2.61. The number of nitrogens with one attached hydrogen (secondary N) is 1. The number of aliphatic hydroxyl groups is 1. The maximum absolute atomic E-state index is 12.0. The summed E-state index contributed by atoms with van der Waals surface area (Å²) in [7, 11) is -16.3. The molecule has 5 atom stereocenters. The van der Waals surface area contributed by atoms with E-state index in [1.165, 1.54) is 24.7 Å². The molecule has 1 fully saturated rings. The van der Waals surface area contributed by atoms with E-state index in [2.05, 4.69) is 23.8 Å². The molecule has 1 aliphatic rings. The Morgan fingerprint density at radius 3 is 2.61 bits per heavy atom. The van der Waals surface area contributed by atoms with Crippen LogP contribution in [0.25, 0.3) is 11.2 Å². The Morgan fingerprint density at radius 2 is 2.00 bits per heavy atom. The van der Waals surface area contributed by atoms with Gasteiger partial charge >= 0.3 is 7.60 Å². The fourth-order valence-electron chi connectivity index (χ4n) is 3.37. The van der Waals surface area contributed by atoms with Crippen molar-refractivity contribution in [1.29, 1.82) is 0 Å². The number of nitrogen functional groups attached to an aromatic ring is 1. The van der Waals surface area contributed by atoms with Gasteiger partial charge in [0.15, 0.2) is 18.8 Å². The standard InChI is InChI=1S/C13H22N5O12P3/c1-12(4-28-33(26,27)30-32(24,25)6-31(21,22)23)7(19)3-13(2,29-12)18-5-15-8-9(18)16-11(14)17-10(8)20/h5,7,19H,3-4,6H2,1-2H3,(H,24,25)(H,26,27)(H2,21,22,23)(H3,14,16,17,20)/p-2/t7?,12-,13-/m1/s1. The van der Waals surface area contributed by atoms with Gasteiger partial charge in [-0.05, 0) is 13.8 Å². The number of H-pyrrole nitrogens is 1. The molecule has 2 aromatic rings. The van der Waals surface area contributed by atoms with Gasteiger partial charge in [0.2, 0.25) is 5.95 Å². The number of imidazole rings is 1. The molecule has 0 saturated carbocycles. The molecule has 0 radical (unpaired) electrons. The van der Waals surface area contributed by atoms with Crippen molar-refractivity contribution in [3.05, 3.63) is 16.7 Å². The number of nitrogens with zero attached hydrogens (tertiary/aromatic N) is 3. The Bertz CT molecular complexity index is 1270. The summed E-state index contributed by atoms with van der Waals surface area (Å²) < 4.78 is 49.8. The number of fused-ring (bicyclic) bond motifs is 1. The summed E-state index contributed by atoms with van der Waals surface area (Å²) in [6.07, 6.45) is -0.314. The quantitative estimate of drug-likeness (QED) is 0.233. The number of aromatic amines is 1. The van der Waals surface area contributed by atoms with E-state index in [1.54, 1.807) is 0 Å². The molecular formula is C13H20N5O12P3-2. The van der Waals surface area contributed by atoms with Gasteiger partial charge in [0.1, 0.15) is 17.2 Å². The minimum Gasteiger partial charge on any atom is -0.778 e. The third-order valence-corrected chi connectivity index (χ3v) is 9.86. The molecule has 0 spiro atoms. The molecule has 1 aliphatic heterocycles. The highest BCUT2D eigenvalue weighted by atomic mass is 31.3. The third-order valence-electron chi connectivity index (χ3n) is 4.76. The lowest BCUT2D eigenvalue weighted by Crippen LogP contribution is -2.42. The van der Waals surface area contributed by atoms with Crippen LogP contribution in [0.3, 0.4) is 0 Å². The third kappa shape index (κ3) is 5.78. The second kappa shape index (κ2) is 8.33. The fourth-order valence-corrected chi connectivity index (χ4v) is 7.67. The zero-order valence-corrected chi connectivity index (χ0v) is 19.7. The van der Waals surface area contributed by atoms with Crippen molar-refractivity contribution in [3.63, 3.8) is 0 Å². The van der Waals surface area contributed by atoms with Crippen molar-refractivity contribution in [2.45, 2.75) is 37.7 Å². The zero-order chi connectivity index (χ0) is 25.0. The first-order valence-electron chi connectivity index (χ1n) is 8.98. The highest BCUT2D eigenvalue weighted by Gasteiger charge is 2.53. The van der Waals surface area contributed by atoms with E-state index in [9.17, 15) is 33.4 Å². The monoisotopic (exact) mass is 531 g/mol. The first kappa shape index (κ1) is 26.1. The Kier molecular flexibility index (Phi) is 6.59. The van der Waals surface area contributed by atoms with E-state index in [1.807, 2.05) is 0 Å². The van der Waals surface area contributed by atoms with Gasteiger partial charge in [0.05, 0.1) is 19.0 Å². The predicted molar refractivity (Wildman–Crippen MR) is 105 cm³/mol. The van der Waals surface area contributed by atoms with E-state index in [0.29, 0.717) is 0 Å². The second-order valence-corrected chi connectivity index (χ2v) is 13.3. The molecule has 0 aromatic carbocycles. The summed E-state index contributed by atoms with van der Waals surface area (Å²) in [5.74, 6) is -2.06. The molecular weight excluding hydrogens is 511 g/mol. The average Bonchev–Trinajstić information content (AvgIpc) is 3.10. The van der Waals surface area contributed by atoms with Crippen LogP contribution in [0.4, 0.5) is 5.95 Å². The maximum atomic E-state index is 12.0. The SMILES string of the molecule is C[C@]1(COP(=O)([O-])OP(=O)([O-])CP(=O)(O)O)O[C@@](C)(n2cnc3c(=O)[nH]c(N)nc32)CC1O. The van der Waals surface area contributed by atoms with Crippen LogP contribution in [0.1, 0.15) is 20.3 Å². The molecule has 33 heavy (non-hydrogen) atoms. The lowest BCUT2D eigenvalue weighted by molar-refractivity contribution is -0.238. The number of anilines is 1. The van der Waals surface area contributed by atoms with Crippen LogP contribution in [-0.4, -0.2) is 58.6 Å². The molecule has 17 nitrogen and oxygen atoms in total. The van der Waals surface area contributed by atoms with Crippen molar-refractivity contribution in [2.75, 3.05) is 18.2 Å². The van der Waals surface area contributed by atoms with Crippen LogP contribution >= 0.6 is 23.0 Å². The van der Waals surface area contributed by atoms with Gasteiger partial charge in [-0.1, -0.05) is 0 Å². The summed E-state index contributed by atoms with van der Waals surface area (Å²) in [5, 5.41) is 10.5. The molecule has 2 aromatic heterocycles. The molecule has 6 N–H and O–H groups in total. The molecule has 3 unspecified atom stereocenters. The van der Waals surface area contributed by atoms with Crippen molar-refractivity contribution in [2.24, 2.45) is 0 Å².